The van der Waals surface area contributed by atoms with Gasteiger partial charge in [0.05, 0.1) is 23.8 Å². The van der Waals surface area contributed by atoms with E-state index in [-0.39, 0.29) is 6.42 Å². The number of benzene rings is 2. The first-order chi connectivity index (χ1) is 14.9. The molecule has 2 aromatic carbocycles. The highest BCUT2D eigenvalue weighted by Gasteiger charge is 2.51. The number of halogens is 3. The quantitative estimate of drug-likeness (QED) is 0.574. The van der Waals surface area contributed by atoms with Gasteiger partial charge in [-0.1, -0.05) is 36.4 Å². The van der Waals surface area contributed by atoms with Crippen molar-refractivity contribution in [1.82, 2.24) is 20.2 Å². The molecule has 0 aliphatic carbocycles. The van der Waals surface area contributed by atoms with Crippen molar-refractivity contribution < 1.29 is 22.5 Å². The van der Waals surface area contributed by atoms with E-state index in [0.29, 0.717) is 17.0 Å². The zero-order valence-corrected chi connectivity index (χ0v) is 18.6. The maximum atomic E-state index is 13.1. The van der Waals surface area contributed by atoms with Crippen molar-refractivity contribution in [1.29, 1.82) is 0 Å². The van der Waals surface area contributed by atoms with Crippen LogP contribution in [0.4, 0.5) is 13.2 Å². The molecule has 1 fully saturated rings. The van der Waals surface area contributed by atoms with E-state index in [1.807, 2.05) is 45.9 Å². The summed E-state index contributed by atoms with van der Waals surface area (Å²) in [4.78, 5) is 1.34. The number of rotatable bonds is 4. The Labute approximate surface area is 184 Å². The molecule has 0 amide bonds. The van der Waals surface area contributed by atoms with Crippen LogP contribution in [0.15, 0.2) is 42.5 Å². The van der Waals surface area contributed by atoms with E-state index >= 15 is 0 Å². The van der Waals surface area contributed by atoms with E-state index in [0.717, 1.165) is 23.2 Å². The summed E-state index contributed by atoms with van der Waals surface area (Å²) in [5.74, 6) is 0.382. The Hall–Kier alpha value is -2.72. The maximum absolute atomic E-state index is 13.1. The lowest BCUT2D eigenvalue weighted by atomic mass is 9.77. The molecule has 6 nitrogen and oxygen atoms in total. The van der Waals surface area contributed by atoms with Crippen molar-refractivity contribution in [2.45, 2.75) is 51.5 Å². The predicted molar refractivity (Wildman–Crippen MR) is 114 cm³/mol. The number of tetrazole rings is 1. The summed E-state index contributed by atoms with van der Waals surface area (Å²) in [7, 11) is 1.07. The fourth-order valence-electron chi connectivity index (χ4n) is 3.55. The molecule has 0 atom stereocenters. The van der Waals surface area contributed by atoms with E-state index < -0.39 is 30.1 Å². The molecule has 0 unspecified atom stereocenters. The summed E-state index contributed by atoms with van der Waals surface area (Å²) in [5.41, 5.74) is 1.08. The fourth-order valence-corrected chi connectivity index (χ4v) is 3.55. The van der Waals surface area contributed by atoms with Gasteiger partial charge in [0.25, 0.3) is 0 Å². The summed E-state index contributed by atoms with van der Waals surface area (Å²) >= 11 is 0. The topological polar surface area (TPSA) is 62.1 Å². The largest absolute Gasteiger partial charge is 0.494 e. The molecule has 2 heterocycles. The standard InChI is InChI=1S/C22H24BF3N4O2/c1-20(2)21(3,4)32-23(31-20)17-10-9-15(18(13-17)19-27-29-30(5)28-19)11-14-7-6-8-16(12-14)22(24,25)26/h6-10,12-13H,11H2,1-5H3. The normalized spacial score (nSPS) is 17.7. The molecule has 168 valence electrons. The first-order valence-electron chi connectivity index (χ1n) is 10.2. The first kappa shape index (κ1) is 22.5. The van der Waals surface area contributed by atoms with Crippen LogP contribution in [0.3, 0.4) is 0 Å². The van der Waals surface area contributed by atoms with Crippen LogP contribution in [0.2, 0.25) is 0 Å². The number of hydrogen-bond acceptors (Lipinski definition) is 5. The highest BCUT2D eigenvalue weighted by atomic mass is 19.4. The average molecular weight is 444 g/mol. The van der Waals surface area contributed by atoms with Gasteiger partial charge >= 0.3 is 13.3 Å². The molecule has 4 rings (SSSR count). The van der Waals surface area contributed by atoms with E-state index in [1.54, 1.807) is 13.1 Å². The molecule has 0 saturated carbocycles. The minimum Gasteiger partial charge on any atom is -0.399 e. The van der Waals surface area contributed by atoms with Gasteiger partial charge in [-0.3, -0.25) is 0 Å². The zero-order chi connectivity index (χ0) is 23.3. The Morgan fingerprint density at radius 1 is 1.00 bits per heavy atom. The lowest BCUT2D eigenvalue weighted by molar-refractivity contribution is -0.137. The van der Waals surface area contributed by atoms with E-state index in [9.17, 15) is 13.2 Å². The molecule has 1 aromatic heterocycles. The smallest absolute Gasteiger partial charge is 0.399 e. The molecular weight excluding hydrogens is 420 g/mol. The Bertz CT molecular complexity index is 1130. The van der Waals surface area contributed by atoms with Gasteiger partial charge in [0.1, 0.15) is 0 Å². The number of aryl methyl sites for hydroxylation is 1. The molecule has 0 spiro atoms. The molecule has 3 aromatic rings. The maximum Gasteiger partial charge on any atom is 0.494 e. The van der Waals surface area contributed by atoms with Crippen LogP contribution in [0.1, 0.15) is 44.4 Å². The molecular formula is C22H24BF3N4O2. The van der Waals surface area contributed by atoms with Gasteiger partial charge < -0.3 is 9.31 Å². The Balaban J connectivity index is 1.72. The van der Waals surface area contributed by atoms with Gasteiger partial charge in [-0.2, -0.15) is 18.0 Å². The zero-order valence-electron chi connectivity index (χ0n) is 18.6. The van der Waals surface area contributed by atoms with E-state index in [4.69, 9.17) is 9.31 Å². The second-order valence-electron chi connectivity index (χ2n) is 8.98. The number of hydrogen-bond donors (Lipinski definition) is 0. The van der Waals surface area contributed by atoms with Gasteiger partial charge in [0.2, 0.25) is 5.82 Å². The first-order valence-corrected chi connectivity index (χ1v) is 10.2. The Morgan fingerprint density at radius 2 is 1.69 bits per heavy atom. The summed E-state index contributed by atoms with van der Waals surface area (Å²) in [6.45, 7) is 7.89. The average Bonchev–Trinajstić information content (AvgIpc) is 3.21. The Kier molecular flexibility index (Phi) is 5.41. The Morgan fingerprint density at radius 3 is 2.28 bits per heavy atom. The van der Waals surface area contributed by atoms with Crippen molar-refractivity contribution in [3.63, 3.8) is 0 Å². The molecule has 1 saturated heterocycles. The van der Waals surface area contributed by atoms with Crippen molar-refractivity contribution in [3.8, 4) is 11.4 Å². The summed E-state index contributed by atoms with van der Waals surface area (Å²) < 4.78 is 51.7. The predicted octanol–water partition coefficient (Wildman–Crippen LogP) is 3.79. The highest BCUT2D eigenvalue weighted by Crippen LogP contribution is 2.37. The molecule has 0 bridgehead atoms. The van der Waals surface area contributed by atoms with E-state index in [2.05, 4.69) is 15.4 Å². The third kappa shape index (κ3) is 4.29. The lowest BCUT2D eigenvalue weighted by Crippen LogP contribution is -2.41. The molecule has 1 aliphatic heterocycles. The van der Waals surface area contributed by atoms with Crippen LogP contribution in [0.5, 0.6) is 0 Å². The molecule has 0 N–H and O–H groups in total. The highest BCUT2D eigenvalue weighted by molar-refractivity contribution is 6.62. The van der Waals surface area contributed by atoms with Crippen LogP contribution in [0.25, 0.3) is 11.4 Å². The van der Waals surface area contributed by atoms with Gasteiger partial charge in [-0.25, -0.2) is 0 Å². The molecule has 0 radical (unpaired) electrons. The third-order valence-corrected chi connectivity index (χ3v) is 6.06. The minimum atomic E-state index is -4.40. The summed E-state index contributed by atoms with van der Waals surface area (Å²) in [5, 5.41) is 12.3. The SMILES string of the molecule is Cn1nnc(-c2cc(B3OC(C)(C)C(C)(C)O3)ccc2Cc2cccc(C(F)(F)F)c2)n1. The van der Waals surface area contributed by atoms with Crippen LogP contribution < -0.4 is 5.46 Å². The van der Waals surface area contributed by atoms with Crippen LogP contribution in [-0.2, 0) is 29.0 Å². The summed E-state index contributed by atoms with van der Waals surface area (Å²) in [6.07, 6.45) is -4.12. The number of aromatic nitrogens is 4. The van der Waals surface area contributed by atoms with Gasteiger partial charge in [0, 0.05) is 5.56 Å². The second-order valence-corrected chi connectivity index (χ2v) is 8.98. The van der Waals surface area contributed by atoms with Crippen LogP contribution in [-0.4, -0.2) is 38.5 Å². The minimum absolute atomic E-state index is 0.279. The monoisotopic (exact) mass is 444 g/mol. The fraction of sp³-hybridized carbons (Fsp3) is 0.409. The van der Waals surface area contributed by atoms with Crippen LogP contribution >= 0.6 is 0 Å². The van der Waals surface area contributed by atoms with Crippen LogP contribution in [0, 0.1) is 0 Å². The molecule has 10 heteroatoms. The van der Waals surface area contributed by atoms with Gasteiger partial charge in [-0.15, -0.1) is 10.2 Å². The van der Waals surface area contributed by atoms with Crippen molar-refractivity contribution in [2.75, 3.05) is 0 Å². The van der Waals surface area contributed by atoms with Gasteiger partial charge in [0.15, 0.2) is 0 Å². The molecule has 1 aliphatic rings. The molecule has 32 heavy (non-hydrogen) atoms. The number of nitrogens with zero attached hydrogens (tertiary/aromatic N) is 4. The third-order valence-electron chi connectivity index (χ3n) is 6.06. The van der Waals surface area contributed by atoms with E-state index in [1.165, 1.54) is 10.9 Å². The summed E-state index contributed by atoms with van der Waals surface area (Å²) in [6, 6.07) is 10.9. The second kappa shape index (κ2) is 7.70. The van der Waals surface area contributed by atoms with Crippen molar-refractivity contribution in [3.05, 3.63) is 59.2 Å². The van der Waals surface area contributed by atoms with Crippen molar-refractivity contribution in [2.24, 2.45) is 7.05 Å². The number of alkyl halides is 3. The van der Waals surface area contributed by atoms with Crippen molar-refractivity contribution >= 4 is 12.6 Å². The van der Waals surface area contributed by atoms with Gasteiger partial charge in [-0.05, 0) is 62.0 Å². The lowest BCUT2D eigenvalue weighted by Gasteiger charge is -2.32.